The molecule has 2 N–H and O–H groups in total. The summed E-state index contributed by atoms with van der Waals surface area (Å²) in [6.45, 7) is 0. The molecular weight excluding hydrogens is 269 g/mol. The van der Waals surface area contributed by atoms with Crippen molar-refractivity contribution < 1.29 is 17.6 Å². The molecule has 0 saturated heterocycles. The van der Waals surface area contributed by atoms with Crippen LogP contribution in [-0.4, -0.2) is 6.18 Å². The van der Waals surface area contributed by atoms with Crippen molar-refractivity contribution in [2.75, 3.05) is 0 Å². The van der Waals surface area contributed by atoms with Crippen LogP contribution >= 0.6 is 24.0 Å². The summed E-state index contributed by atoms with van der Waals surface area (Å²) in [5.74, 6) is -0.820. The van der Waals surface area contributed by atoms with E-state index in [1.54, 1.807) is 0 Å². The Morgan fingerprint density at radius 3 is 2.31 bits per heavy atom. The lowest BCUT2D eigenvalue weighted by Crippen LogP contribution is -2.21. The second-order valence-corrected chi connectivity index (χ2v) is 3.47. The average Bonchev–Trinajstić information content (AvgIpc) is 1.99. The summed E-state index contributed by atoms with van der Waals surface area (Å²) in [6, 6.07) is 2.16. The fraction of sp³-hybridized carbons (Fsp3) is 0.333. The van der Waals surface area contributed by atoms with Crippen LogP contribution in [0.3, 0.4) is 0 Å². The van der Waals surface area contributed by atoms with Gasteiger partial charge in [-0.2, -0.15) is 13.2 Å². The third-order valence-corrected chi connectivity index (χ3v) is 2.15. The largest absolute Gasteiger partial charge is 0.390 e. The van der Waals surface area contributed by atoms with E-state index in [4.69, 9.17) is 17.3 Å². The molecule has 0 amide bonds. The summed E-state index contributed by atoms with van der Waals surface area (Å²) in [5.41, 5.74) is 4.94. The maximum absolute atomic E-state index is 13.1. The highest BCUT2D eigenvalue weighted by atomic mass is 35.5. The standard InChI is InChI=1S/C9H8ClF4N.ClH/c10-5-2-1-3-6(11)8(5)7(15)4-9(12,13)14;/h1-3,7H,4,15H2;1H/t7-;/m0./s1. The number of nitrogens with two attached hydrogens (primary N) is 1. The molecule has 1 nitrogen and oxygen atoms in total. The summed E-state index contributed by atoms with van der Waals surface area (Å²) < 4.78 is 49.2. The van der Waals surface area contributed by atoms with E-state index < -0.39 is 24.5 Å². The Morgan fingerprint density at radius 2 is 1.88 bits per heavy atom. The van der Waals surface area contributed by atoms with E-state index >= 15 is 0 Å². The summed E-state index contributed by atoms with van der Waals surface area (Å²) in [4.78, 5) is 0. The number of halogens is 6. The smallest absolute Gasteiger partial charge is 0.324 e. The van der Waals surface area contributed by atoms with E-state index in [-0.39, 0.29) is 23.0 Å². The van der Waals surface area contributed by atoms with E-state index in [0.717, 1.165) is 6.07 Å². The molecule has 1 rings (SSSR count). The van der Waals surface area contributed by atoms with E-state index in [0.29, 0.717) is 0 Å². The second kappa shape index (κ2) is 5.70. The predicted molar refractivity (Wildman–Crippen MR) is 56.3 cm³/mol. The lowest BCUT2D eigenvalue weighted by Gasteiger charge is -2.16. The van der Waals surface area contributed by atoms with Crippen LogP contribution in [0, 0.1) is 5.82 Å². The van der Waals surface area contributed by atoms with Crippen molar-refractivity contribution in [3.63, 3.8) is 0 Å². The molecule has 0 aliphatic carbocycles. The van der Waals surface area contributed by atoms with Crippen molar-refractivity contribution in [3.05, 3.63) is 34.6 Å². The van der Waals surface area contributed by atoms with Gasteiger partial charge in [0.15, 0.2) is 0 Å². The maximum atomic E-state index is 13.1. The zero-order valence-electron chi connectivity index (χ0n) is 7.89. The van der Waals surface area contributed by atoms with Gasteiger partial charge in [0, 0.05) is 16.6 Å². The summed E-state index contributed by atoms with van der Waals surface area (Å²) >= 11 is 5.57. The summed E-state index contributed by atoms with van der Waals surface area (Å²) in [5, 5.41) is -0.0910. The van der Waals surface area contributed by atoms with Gasteiger partial charge >= 0.3 is 6.18 Å². The van der Waals surface area contributed by atoms with Crippen LogP contribution in [0.25, 0.3) is 0 Å². The minimum absolute atomic E-state index is 0. The Kier molecular flexibility index (Phi) is 5.52. The number of alkyl halides is 3. The first-order valence-corrected chi connectivity index (χ1v) is 4.45. The molecule has 0 fully saturated rings. The highest BCUT2D eigenvalue weighted by Crippen LogP contribution is 2.32. The van der Waals surface area contributed by atoms with Crippen molar-refractivity contribution in [1.82, 2.24) is 0 Å². The number of hydrogen-bond donors (Lipinski definition) is 1. The van der Waals surface area contributed by atoms with E-state index in [1.165, 1.54) is 12.1 Å². The quantitative estimate of drug-likeness (QED) is 0.817. The van der Waals surface area contributed by atoms with Crippen LogP contribution in [0.5, 0.6) is 0 Å². The van der Waals surface area contributed by atoms with Gasteiger partial charge in [0.1, 0.15) is 5.82 Å². The van der Waals surface area contributed by atoms with Crippen LogP contribution in [0.4, 0.5) is 17.6 Å². The van der Waals surface area contributed by atoms with Crippen LogP contribution in [0.2, 0.25) is 5.02 Å². The molecule has 0 radical (unpaired) electrons. The average molecular weight is 278 g/mol. The van der Waals surface area contributed by atoms with Gasteiger partial charge in [-0.05, 0) is 12.1 Å². The van der Waals surface area contributed by atoms with Crippen LogP contribution in [0.15, 0.2) is 18.2 Å². The van der Waals surface area contributed by atoms with Crippen molar-refractivity contribution in [2.24, 2.45) is 5.73 Å². The lowest BCUT2D eigenvalue weighted by molar-refractivity contribution is -0.138. The van der Waals surface area contributed by atoms with Gasteiger partial charge in [-0.1, -0.05) is 17.7 Å². The highest BCUT2D eigenvalue weighted by molar-refractivity contribution is 6.31. The number of hydrogen-bond acceptors (Lipinski definition) is 1. The Labute approximate surface area is 101 Å². The normalized spacial score (nSPS) is 13.1. The van der Waals surface area contributed by atoms with Crippen molar-refractivity contribution in [3.8, 4) is 0 Å². The zero-order valence-corrected chi connectivity index (χ0v) is 9.46. The molecule has 1 atom stereocenters. The van der Waals surface area contributed by atoms with E-state index in [2.05, 4.69) is 0 Å². The monoisotopic (exact) mass is 277 g/mol. The van der Waals surface area contributed by atoms with Gasteiger partial charge in [0.2, 0.25) is 0 Å². The Morgan fingerprint density at radius 1 is 1.31 bits per heavy atom. The molecule has 92 valence electrons. The molecular formula is C9H9Cl2F4N. The molecule has 0 heterocycles. The van der Waals surface area contributed by atoms with Crippen LogP contribution < -0.4 is 5.73 Å². The van der Waals surface area contributed by atoms with Crippen molar-refractivity contribution >= 4 is 24.0 Å². The molecule has 16 heavy (non-hydrogen) atoms. The molecule has 0 bridgehead atoms. The zero-order chi connectivity index (χ0) is 11.6. The third-order valence-electron chi connectivity index (χ3n) is 1.82. The van der Waals surface area contributed by atoms with Gasteiger partial charge in [-0.25, -0.2) is 4.39 Å². The Hall–Kier alpha value is -0.520. The first-order chi connectivity index (χ1) is 6.81. The summed E-state index contributed by atoms with van der Waals surface area (Å²) in [6.07, 6.45) is -5.74. The minimum Gasteiger partial charge on any atom is -0.324 e. The fourth-order valence-corrected chi connectivity index (χ4v) is 1.52. The molecule has 1 aromatic rings. The molecule has 0 unspecified atom stereocenters. The predicted octanol–water partition coefficient (Wildman–Crippen LogP) is 3.85. The molecule has 7 heteroatoms. The van der Waals surface area contributed by atoms with Crippen LogP contribution in [-0.2, 0) is 0 Å². The first-order valence-electron chi connectivity index (χ1n) is 4.07. The number of benzene rings is 1. The molecule has 0 aliphatic heterocycles. The van der Waals surface area contributed by atoms with Gasteiger partial charge < -0.3 is 5.73 Å². The van der Waals surface area contributed by atoms with Crippen molar-refractivity contribution in [2.45, 2.75) is 18.6 Å². The third kappa shape index (κ3) is 4.15. The summed E-state index contributed by atoms with van der Waals surface area (Å²) in [7, 11) is 0. The number of rotatable bonds is 2. The SMILES string of the molecule is Cl.N[C@@H](CC(F)(F)F)c1c(F)cccc1Cl. The maximum Gasteiger partial charge on any atom is 0.390 e. The molecule has 0 aromatic heterocycles. The minimum atomic E-state index is -4.44. The molecule has 0 spiro atoms. The van der Waals surface area contributed by atoms with E-state index in [1.807, 2.05) is 0 Å². The van der Waals surface area contributed by atoms with Gasteiger partial charge in [-0.3, -0.25) is 0 Å². The fourth-order valence-electron chi connectivity index (χ4n) is 1.22. The Bertz CT molecular complexity index is 334. The van der Waals surface area contributed by atoms with Gasteiger partial charge in [0.25, 0.3) is 0 Å². The first kappa shape index (κ1) is 15.5. The second-order valence-electron chi connectivity index (χ2n) is 3.06. The lowest BCUT2D eigenvalue weighted by atomic mass is 10.0. The Balaban J connectivity index is 0.00000225. The topological polar surface area (TPSA) is 26.0 Å². The highest BCUT2D eigenvalue weighted by Gasteiger charge is 2.32. The van der Waals surface area contributed by atoms with Gasteiger partial charge in [-0.15, -0.1) is 12.4 Å². The molecule has 0 aliphatic rings. The van der Waals surface area contributed by atoms with Crippen LogP contribution in [0.1, 0.15) is 18.0 Å². The van der Waals surface area contributed by atoms with Crippen molar-refractivity contribution in [1.29, 1.82) is 0 Å². The molecule has 1 aromatic carbocycles. The van der Waals surface area contributed by atoms with E-state index in [9.17, 15) is 17.6 Å². The van der Waals surface area contributed by atoms with Gasteiger partial charge in [0.05, 0.1) is 6.42 Å². The molecule has 0 saturated carbocycles.